The summed E-state index contributed by atoms with van der Waals surface area (Å²) in [4.78, 5) is 21.4. The third-order valence-corrected chi connectivity index (χ3v) is 8.46. The van der Waals surface area contributed by atoms with Crippen LogP contribution in [-0.4, -0.2) is 86.0 Å². The Bertz CT molecular complexity index is 1210. The van der Waals surface area contributed by atoms with E-state index in [1.54, 1.807) is 6.07 Å². The van der Waals surface area contributed by atoms with Crippen LogP contribution in [0.5, 0.6) is 5.75 Å². The number of aromatic nitrogens is 1. The van der Waals surface area contributed by atoms with Gasteiger partial charge in [-0.25, -0.2) is 9.37 Å². The molecule has 0 aliphatic carbocycles. The van der Waals surface area contributed by atoms with Gasteiger partial charge in [0.15, 0.2) is 11.6 Å². The number of unbranched alkanes of at least 4 members (excludes halogenated alkanes) is 2. The second-order valence-corrected chi connectivity index (χ2v) is 12.3. The Kier molecular flexibility index (Phi) is 11.6. The highest BCUT2D eigenvalue weighted by Crippen LogP contribution is 2.37. The predicted octanol–water partition coefficient (Wildman–Crippen LogP) is 5.44. The number of anilines is 1. The van der Waals surface area contributed by atoms with Crippen molar-refractivity contribution in [1.82, 2.24) is 14.8 Å². The molecular formula is C33H49FN4O4. The Labute approximate surface area is 250 Å². The Morgan fingerprint density at radius 1 is 1.21 bits per heavy atom. The zero-order valence-electron chi connectivity index (χ0n) is 26.0. The summed E-state index contributed by atoms with van der Waals surface area (Å²) in [5, 5.41) is 13.7. The molecule has 9 heteroatoms. The highest BCUT2D eigenvalue weighted by atomic mass is 19.1. The molecule has 0 amide bonds. The Morgan fingerprint density at radius 2 is 2.02 bits per heavy atom. The third-order valence-electron chi connectivity index (χ3n) is 8.46. The van der Waals surface area contributed by atoms with Gasteiger partial charge in [-0.05, 0) is 99.8 Å². The number of halogens is 1. The predicted molar refractivity (Wildman–Crippen MR) is 164 cm³/mol. The lowest BCUT2D eigenvalue weighted by molar-refractivity contribution is -0.143. The first-order valence-electron chi connectivity index (χ1n) is 15.5. The van der Waals surface area contributed by atoms with Gasteiger partial charge in [0.25, 0.3) is 0 Å². The molecule has 2 aliphatic heterocycles. The van der Waals surface area contributed by atoms with Crippen LogP contribution in [0.4, 0.5) is 10.2 Å². The SMILES string of the molecule is COc1c(F)cc(C(C)C)cc1[C@H](C(=O)O)N1CC[C@@H](OCCCCCc2cc(CCN(C)C)c3c(n2)NCCC3)C1. The Hall–Kier alpha value is -2.75. The average Bonchev–Trinajstić information content (AvgIpc) is 3.41. The van der Waals surface area contributed by atoms with E-state index in [0.717, 1.165) is 81.5 Å². The molecule has 1 aromatic heterocycles. The van der Waals surface area contributed by atoms with Crippen molar-refractivity contribution in [3.63, 3.8) is 0 Å². The number of hydrogen-bond donors (Lipinski definition) is 2. The summed E-state index contributed by atoms with van der Waals surface area (Å²) in [6.45, 7) is 7.67. The number of carboxylic acids is 1. The number of ether oxygens (including phenoxy) is 2. The maximum Gasteiger partial charge on any atom is 0.325 e. The normalized spacial score (nSPS) is 17.9. The molecule has 0 unspecified atom stereocenters. The van der Waals surface area contributed by atoms with E-state index in [9.17, 15) is 14.3 Å². The summed E-state index contributed by atoms with van der Waals surface area (Å²) in [6, 6.07) is 4.54. The molecule has 2 aromatic rings. The first-order chi connectivity index (χ1) is 20.2. The van der Waals surface area contributed by atoms with Crippen molar-refractivity contribution in [3.05, 3.63) is 52.0 Å². The molecule has 8 nitrogen and oxygen atoms in total. The molecule has 0 spiro atoms. The van der Waals surface area contributed by atoms with Crippen LogP contribution in [0, 0.1) is 5.82 Å². The van der Waals surface area contributed by atoms with E-state index in [1.807, 2.05) is 18.7 Å². The number of rotatable bonds is 15. The van der Waals surface area contributed by atoms with Gasteiger partial charge < -0.3 is 24.8 Å². The van der Waals surface area contributed by atoms with Crippen LogP contribution in [0.15, 0.2) is 18.2 Å². The number of methoxy groups -OCH3 is 1. The van der Waals surface area contributed by atoms with E-state index < -0.39 is 17.8 Å². The number of carbonyl (C=O) groups is 1. The molecule has 0 saturated carbocycles. The van der Waals surface area contributed by atoms with Crippen molar-refractivity contribution in [3.8, 4) is 5.75 Å². The lowest BCUT2D eigenvalue weighted by Crippen LogP contribution is -2.34. The van der Waals surface area contributed by atoms with Crippen LogP contribution in [0.25, 0.3) is 0 Å². The van der Waals surface area contributed by atoms with Crippen molar-refractivity contribution in [1.29, 1.82) is 0 Å². The van der Waals surface area contributed by atoms with Crippen LogP contribution >= 0.6 is 0 Å². The Balaban J connectivity index is 1.26. The largest absolute Gasteiger partial charge is 0.493 e. The number of nitrogens with zero attached hydrogens (tertiary/aromatic N) is 3. The first kappa shape index (κ1) is 32.2. The van der Waals surface area contributed by atoms with Crippen LogP contribution in [0.2, 0.25) is 0 Å². The lowest BCUT2D eigenvalue weighted by atomic mass is 9.95. The zero-order chi connectivity index (χ0) is 30.2. The van der Waals surface area contributed by atoms with Crippen LogP contribution in [0.3, 0.4) is 0 Å². The van der Waals surface area contributed by atoms with E-state index in [4.69, 9.17) is 14.5 Å². The Morgan fingerprint density at radius 3 is 2.74 bits per heavy atom. The summed E-state index contributed by atoms with van der Waals surface area (Å²) in [5.74, 6) is -0.380. The second kappa shape index (κ2) is 15.1. The zero-order valence-corrected chi connectivity index (χ0v) is 26.0. The quantitative estimate of drug-likeness (QED) is 0.268. The van der Waals surface area contributed by atoms with Gasteiger partial charge >= 0.3 is 5.97 Å². The standard InChI is InChI=1S/C33H49FN4O4/c1-22(2)24-19-28(31(41-5)29(34)20-24)30(33(39)40)38-16-13-26(21-38)42-17-8-6-7-10-25-18-23(12-15-37(3)4)27-11-9-14-35-32(27)36-25/h18-20,22,26,30H,6-17,21H2,1-5H3,(H,35,36)(H,39,40)/t26-,30-/m1/s1. The number of likely N-dealkylation sites (tertiary alicyclic amines) is 1. The molecule has 1 aromatic carbocycles. The van der Waals surface area contributed by atoms with Gasteiger partial charge in [-0.15, -0.1) is 0 Å². The number of fused-ring (bicyclic) bond motifs is 1. The fourth-order valence-electron chi connectivity index (χ4n) is 6.11. The average molecular weight is 585 g/mol. The topological polar surface area (TPSA) is 87.2 Å². The van der Waals surface area contributed by atoms with Gasteiger partial charge in [0.2, 0.25) is 0 Å². The van der Waals surface area contributed by atoms with Crippen molar-refractivity contribution < 1.29 is 23.8 Å². The monoisotopic (exact) mass is 584 g/mol. The fourth-order valence-corrected chi connectivity index (χ4v) is 6.11. The molecule has 2 N–H and O–H groups in total. The van der Waals surface area contributed by atoms with E-state index in [2.05, 4.69) is 30.4 Å². The minimum Gasteiger partial charge on any atom is -0.493 e. The molecule has 1 fully saturated rings. The number of aliphatic carboxylic acids is 1. The number of aryl methyl sites for hydroxylation is 1. The van der Waals surface area contributed by atoms with Crippen molar-refractivity contribution in [2.45, 2.75) is 83.3 Å². The first-order valence-corrected chi connectivity index (χ1v) is 15.5. The van der Waals surface area contributed by atoms with Gasteiger partial charge in [-0.2, -0.15) is 0 Å². The van der Waals surface area contributed by atoms with Gasteiger partial charge in [-0.1, -0.05) is 20.3 Å². The summed E-state index contributed by atoms with van der Waals surface area (Å²) in [6.07, 6.45) is 8.03. The molecule has 42 heavy (non-hydrogen) atoms. The molecule has 1 saturated heterocycles. The van der Waals surface area contributed by atoms with Crippen molar-refractivity contribution in [2.75, 3.05) is 59.3 Å². The highest BCUT2D eigenvalue weighted by molar-refractivity contribution is 5.77. The van der Waals surface area contributed by atoms with E-state index in [-0.39, 0.29) is 17.8 Å². The minimum absolute atomic E-state index is 0.00480. The summed E-state index contributed by atoms with van der Waals surface area (Å²) >= 11 is 0. The van der Waals surface area contributed by atoms with E-state index >= 15 is 0 Å². The maximum atomic E-state index is 14.8. The maximum absolute atomic E-state index is 14.8. The molecule has 3 heterocycles. The molecule has 2 atom stereocenters. The van der Waals surface area contributed by atoms with Crippen LogP contribution in [-0.2, 0) is 28.8 Å². The molecular weight excluding hydrogens is 535 g/mol. The van der Waals surface area contributed by atoms with E-state index in [0.29, 0.717) is 25.3 Å². The fraction of sp³-hybridized carbons (Fsp3) is 0.636. The van der Waals surface area contributed by atoms with Gasteiger partial charge in [0, 0.05) is 44.0 Å². The van der Waals surface area contributed by atoms with Gasteiger partial charge in [0.05, 0.1) is 13.2 Å². The van der Waals surface area contributed by atoms with Crippen molar-refractivity contribution >= 4 is 11.8 Å². The molecule has 4 rings (SSSR count). The lowest BCUT2D eigenvalue weighted by Gasteiger charge is -2.27. The molecule has 0 radical (unpaired) electrons. The number of likely N-dealkylation sites (N-methyl/N-ethyl adjacent to an activating group) is 1. The smallest absolute Gasteiger partial charge is 0.325 e. The molecule has 0 bridgehead atoms. The van der Waals surface area contributed by atoms with Crippen LogP contribution < -0.4 is 10.1 Å². The van der Waals surface area contributed by atoms with Crippen LogP contribution in [0.1, 0.15) is 85.9 Å². The van der Waals surface area contributed by atoms with Gasteiger partial charge in [0.1, 0.15) is 11.9 Å². The van der Waals surface area contributed by atoms with E-state index in [1.165, 1.54) is 24.3 Å². The minimum atomic E-state index is -1.01. The number of hydrogen-bond acceptors (Lipinski definition) is 7. The molecule has 2 aliphatic rings. The van der Waals surface area contributed by atoms with Gasteiger partial charge in [-0.3, -0.25) is 9.69 Å². The van der Waals surface area contributed by atoms with Crippen molar-refractivity contribution in [2.24, 2.45) is 0 Å². The summed E-state index contributed by atoms with van der Waals surface area (Å²) in [5.41, 5.74) is 5.11. The number of pyridine rings is 1. The summed E-state index contributed by atoms with van der Waals surface area (Å²) < 4.78 is 26.3. The number of carboxylic acid groups (broad SMARTS) is 1. The second-order valence-electron chi connectivity index (χ2n) is 12.3. The third kappa shape index (κ3) is 8.20. The highest BCUT2D eigenvalue weighted by Gasteiger charge is 2.36. The number of benzene rings is 1. The molecule has 232 valence electrons. The summed E-state index contributed by atoms with van der Waals surface area (Å²) in [7, 11) is 5.62. The number of nitrogens with one attached hydrogen (secondary N) is 1.